The second kappa shape index (κ2) is 9.64. The second-order valence-electron chi connectivity index (χ2n) is 8.86. The summed E-state index contributed by atoms with van der Waals surface area (Å²) in [5, 5.41) is 8.43. The van der Waals surface area contributed by atoms with Gasteiger partial charge in [-0.25, -0.2) is 13.4 Å². The molecule has 7 nitrogen and oxygen atoms in total. The van der Waals surface area contributed by atoms with Crippen LogP contribution in [-0.2, 0) is 10.0 Å². The Balaban J connectivity index is 1.39. The molecule has 1 saturated heterocycles. The van der Waals surface area contributed by atoms with Crippen molar-refractivity contribution in [2.24, 2.45) is 5.92 Å². The molecule has 1 unspecified atom stereocenters. The number of fused-ring (bicyclic) bond motifs is 1. The highest BCUT2D eigenvalue weighted by Crippen LogP contribution is 2.29. The molecule has 5 rings (SSSR count). The molecular formula is C25H25BClN5O2S. The van der Waals surface area contributed by atoms with Gasteiger partial charge < -0.3 is 5.32 Å². The van der Waals surface area contributed by atoms with Gasteiger partial charge in [0.25, 0.3) is 0 Å². The van der Waals surface area contributed by atoms with Gasteiger partial charge in [0.15, 0.2) is 5.65 Å². The van der Waals surface area contributed by atoms with Crippen molar-refractivity contribution in [1.29, 1.82) is 0 Å². The van der Waals surface area contributed by atoms with E-state index in [-0.39, 0.29) is 5.92 Å². The van der Waals surface area contributed by atoms with Crippen LogP contribution in [0.25, 0.3) is 16.9 Å². The third-order valence-corrected chi connectivity index (χ3v) is 8.77. The molecule has 35 heavy (non-hydrogen) atoms. The fourth-order valence-electron chi connectivity index (χ4n) is 4.56. The minimum atomic E-state index is -3.54. The monoisotopic (exact) mass is 505 g/mol. The van der Waals surface area contributed by atoms with Gasteiger partial charge in [-0.2, -0.15) is 13.9 Å². The summed E-state index contributed by atoms with van der Waals surface area (Å²) < 4.78 is 29.9. The molecule has 0 saturated carbocycles. The SMILES string of the molecule is [B]c1cnn2c(NCC3CCCN(S(=O)(=O)c4ccccc4C)C3)cc(-c3ccccc3Cl)nc12. The van der Waals surface area contributed by atoms with E-state index in [0.717, 1.165) is 29.8 Å². The normalized spacial score (nSPS) is 17.0. The van der Waals surface area contributed by atoms with Crippen molar-refractivity contribution in [1.82, 2.24) is 18.9 Å². The van der Waals surface area contributed by atoms with Gasteiger partial charge in [0.05, 0.1) is 10.6 Å². The summed E-state index contributed by atoms with van der Waals surface area (Å²) in [5.74, 6) is 0.864. The van der Waals surface area contributed by atoms with Gasteiger partial charge in [-0.3, -0.25) is 0 Å². The first-order chi connectivity index (χ1) is 16.8. The Morgan fingerprint density at radius 3 is 2.74 bits per heavy atom. The third kappa shape index (κ3) is 4.68. The Hall–Kier alpha value is -2.88. The quantitative estimate of drug-likeness (QED) is 0.405. The Kier molecular flexibility index (Phi) is 6.57. The van der Waals surface area contributed by atoms with E-state index in [0.29, 0.717) is 46.4 Å². The largest absolute Gasteiger partial charge is 0.370 e. The molecule has 1 atom stereocenters. The number of sulfonamides is 1. The zero-order chi connectivity index (χ0) is 24.6. The maximum Gasteiger partial charge on any atom is 0.243 e. The molecule has 10 heteroatoms. The smallest absolute Gasteiger partial charge is 0.243 e. The lowest BCUT2D eigenvalue weighted by atomic mass is 9.99. The van der Waals surface area contributed by atoms with Crippen molar-refractivity contribution in [3.05, 3.63) is 71.4 Å². The van der Waals surface area contributed by atoms with Crippen molar-refractivity contribution >= 4 is 46.4 Å². The molecule has 4 aromatic rings. The zero-order valence-electron chi connectivity index (χ0n) is 19.4. The number of piperidine rings is 1. The fourth-order valence-corrected chi connectivity index (χ4v) is 6.57. The summed E-state index contributed by atoms with van der Waals surface area (Å²) in [6.07, 6.45) is 3.31. The highest BCUT2D eigenvalue weighted by Gasteiger charge is 2.31. The zero-order valence-corrected chi connectivity index (χ0v) is 20.9. The van der Waals surface area contributed by atoms with E-state index in [1.807, 2.05) is 49.4 Å². The van der Waals surface area contributed by atoms with E-state index in [1.54, 1.807) is 27.2 Å². The molecule has 1 aliphatic heterocycles. The van der Waals surface area contributed by atoms with Crippen molar-refractivity contribution < 1.29 is 8.42 Å². The predicted molar refractivity (Wildman–Crippen MR) is 140 cm³/mol. The molecule has 178 valence electrons. The number of hydrogen-bond acceptors (Lipinski definition) is 5. The maximum atomic E-state index is 13.3. The van der Waals surface area contributed by atoms with Crippen molar-refractivity contribution in [3.63, 3.8) is 0 Å². The van der Waals surface area contributed by atoms with Crippen molar-refractivity contribution in [2.75, 3.05) is 25.0 Å². The first-order valence-corrected chi connectivity index (χ1v) is 13.3. The molecule has 0 aliphatic carbocycles. The lowest BCUT2D eigenvalue weighted by Crippen LogP contribution is -2.42. The van der Waals surface area contributed by atoms with Gasteiger partial charge in [0.1, 0.15) is 13.7 Å². The van der Waals surface area contributed by atoms with Gasteiger partial charge >= 0.3 is 0 Å². The van der Waals surface area contributed by atoms with Crippen LogP contribution >= 0.6 is 11.6 Å². The number of rotatable bonds is 6. The number of halogens is 1. The van der Waals surface area contributed by atoms with Crippen molar-refractivity contribution in [3.8, 4) is 11.3 Å². The molecule has 1 aliphatic rings. The summed E-state index contributed by atoms with van der Waals surface area (Å²) >= 11 is 6.42. The summed E-state index contributed by atoms with van der Waals surface area (Å²) in [6.45, 7) is 3.40. The first kappa shape index (κ1) is 23.8. The lowest BCUT2D eigenvalue weighted by Gasteiger charge is -2.32. The summed E-state index contributed by atoms with van der Waals surface area (Å²) in [7, 11) is 2.58. The average Bonchev–Trinajstić information content (AvgIpc) is 3.24. The van der Waals surface area contributed by atoms with Crippen LogP contribution in [0.1, 0.15) is 18.4 Å². The standard InChI is InChI=1S/C25H25BClN5O2S/c1-17-7-2-5-11-23(17)35(33,34)31-12-6-8-18(16-31)14-28-24-13-22(19-9-3-4-10-21(19)27)30-25-20(26)15-29-32(24)25/h2-5,7,9-11,13,15,18,28H,6,8,12,14,16H2,1H3. The van der Waals surface area contributed by atoms with E-state index in [9.17, 15) is 8.42 Å². The second-order valence-corrected chi connectivity index (χ2v) is 11.2. The van der Waals surface area contributed by atoms with Gasteiger partial charge in [0, 0.05) is 42.5 Å². The molecule has 2 aromatic carbocycles. The summed E-state index contributed by atoms with van der Waals surface area (Å²) in [4.78, 5) is 5.05. The summed E-state index contributed by atoms with van der Waals surface area (Å²) in [5.41, 5.74) is 3.25. The van der Waals surface area contributed by atoms with Gasteiger partial charge in [-0.15, -0.1) is 0 Å². The van der Waals surface area contributed by atoms with Crippen LogP contribution in [-0.4, -0.2) is 54.8 Å². The van der Waals surface area contributed by atoms with Gasteiger partial charge in [-0.05, 0) is 48.8 Å². The molecule has 1 N–H and O–H groups in total. The Labute approximate surface area is 211 Å². The van der Waals surface area contributed by atoms with Crippen LogP contribution in [0.4, 0.5) is 5.82 Å². The molecular weight excluding hydrogens is 481 g/mol. The molecule has 0 amide bonds. The number of benzene rings is 2. The number of hydrogen-bond donors (Lipinski definition) is 1. The number of anilines is 1. The van der Waals surface area contributed by atoms with Crippen molar-refractivity contribution in [2.45, 2.75) is 24.7 Å². The maximum absolute atomic E-state index is 13.3. The van der Waals surface area contributed by atoms with E-state index < -0.39 is 10.0 Å². The first-order valence-electron chi connectivity index (χ1n) is 11.5. The average molecular weight is 506 g/mol. The van der Waals surface area contributed by atoms with Crippen LogP contribution in [0, 0.1) is 12.8 Å². The number of aryl methyl sites for hydroxylation is 1. The minimum absolute atomic E-state index is 0.141. The molecule has 0 bridgehead atoms. The molecule has 2 radical (unpaired) electrons. The predicted octanol–water partition coefficient (Wildman–Crippen LogP) is 3.66. The van der Waals surface area contributed by atoms with E-state index >= 15 is 0 Å². The third-order valence-electron chi connectivity index (χ3n) is 6.41. The number of aromatic nitrogens is 3. The van der Waals surface area contributed by atoms with Crippen LogP contribution in [0.15, 0.2) is 65.7 Å². The van der Waals surface area contributed by atoms with E-state index in [1.165, 1.54) is 0 Å². The van der Waals surface area contributed by atoms with E-state index in [4.69, 9.17) is 19.4 Å². The minimum Gasteiger partial charge on any atom is -0.370 e. The Morgan fingerprint density at radius 2 is 1.94 bits per heavy atom. The van der Waals surface area contributed by atoms with Crippen LogP contribution in [0.3, 0.4) is 0 Å². The van der Waals surface area contributed by atoms with Gasteiger partial charge in [-0.1, -0.05) is 48.0 Å². The summed E-state index contributed by atoms with van der Waals surface area (Å²) in [6, 6.07) is 16.5. The lowest BCUT2D eigenvalue weighted by molar-refractivity contribution is 0.275. The molecule has 2 aromatic heterocycles. The van der Waals surface area contributed by atoms with Crippen LogP contribution in [0.2, 0.25) is 5.02 Å². The fraction of sp³-hybridized carbons (Fsp3) is 0.280. The number of nitrogens with one attached hydrogen (secondary N) is 1. The topological polar surface area (TPSA) is 79.6 Å². The van der Waals surface area contributed by atoms with E-state index in [2.05, 4.69) is 15.4 Å². The Bertz CT molecular complexity index is 1490. The molecule has 0 spiro atoms. The molecule has 3 heterocycles. The van der Waals surface area contributed by atoms with Crippen LogP contribution < -0.4 is 10.8 Å². The van der Waals surface area contributed by atoms with Gasteiger partial charge in [0.2, 0.25) is 10.0 Å². The highest BCUT2D eigenvalue weighted by molar-refractivity contribution is 7.89. The Morgan fingerprint density at radius 1 is 1.17 bits per heavy atom. The van der Waals surface area contributed by atoms with Crippen LogP contribution in [0.5, 0.6) is 0 Å². The molecule has 1 fully saturated rings. The number of nitrogens with zero attached hydrogens (tertiary/aromatic N) is 4. The highest BCUT2D eigenvalue weighted by atomic mass is 35.5.